The van der Waals surface area contributed by atoms with E-state index in [1.54, 1.807) is 0 Å². The molecule has 0 atom stereocenters. The number of halogens is 1. The predicted molar refractivity (Wildman–Crippen MR) is 59.5 cm³/mol. The van der Waals surface area contributed by atoms with Gasteiger partial charge < -0.3 is 9.47 Å². The van der Waals surface area contributed by atoms with Gasteiger partial charge >= 0.3 is 0 Å². The van der Waals surface area contributed by atoms with Crippen LogP contribution in [-0.2, 0) is 22.7 Å². The largest absolute Gasteiger partial charge is 0.380 e. The second kappa shape index (κ2) is 5.79. The van der Waals surface area contributed by atoms with Crippen LogP contribution in [0.2, 0.25) is 5.02 Å². The van der Waals surface area contributed by atoms with E-state index in [1.807, 2.05) is 0 Å². The lowest BCUT2D eigenvalue weighted by Gasteiger charge is -2.07. The summed E-state index contributed by atoms with van der Waals surface area (Å²) in [5, 5.41) is 11.4. The Balaban J connectivity index is 3.29. The summed E-state index contributed by atoms with van der Waals surface area (Å²) < 4.78 is 9.81. The molecule has 0 bridgehead atoms. The Bertz CT molecular complexity index is 367. The molecule has 0 aliphatic heterocycles. The molecule has 0 N–H and O–H groups in total. The van der Waals surface area contributed by atoms with E-state index in [4.69, 9.17) is 21.1 Å². The van der Waals surface area contributed by atoms with E-state index in [1.165, 1.54) is 26.4 Å². The maximum atomic E-state index is 11.0. The molecule has 88 valence electrons. The Morgan fingerprint density at radius 3 is 2.00 bits per heavy atom. The number of methoxy groups -OCH3 is 2. The molecule has 0 amide bonds. The SMILES string of the molecule is COCc1cc(Cl)cc(COC)c1[N+](=O)[O-]. The van der Waals surface area contributed by atoms with Crippen LogP contribution in [0.25, 0.3) is 0 Å². The van der Waals surface area contributed by atoms with E-state index in [0.29, 0.717) is 16.1 Å². The van der Waals surface area contributed by atoms with E-state index in [2.05, 4.69) is 0 Å². The Morgan fingerprint density at radius 1 is 1.25 bits per heavy atom. The minimum atomic E-state index is -0.445. The lowest BCUT2D eigenvalue weighted by atomic mass is 10.1. The average molecular weight is 246 g/mol. The predicted octanol–water partition coefficient (Wildman–Crippen LogP) is 2.54. The van der Waals surface area contributed by atoms with Crippen LogP contribution in [-0.4, -0.2) is 19.1 Å². The molecular weight excluding hydrogens is 234 g/mol. The highest BCUT2D eigenvalue weighted by molar-refractivity contribution is 6.30. The monoisotopic (exact) mass is 245 g/mol. The fourth-order valence-electron chi connectivity index (χ4n) is 1.48. The van der Waals surface area contributed by atoms with Crippen molar-refractivity contribution in [2.45, 2.75) is 13.2 Å². The third-order valence-corrected chi connectivity index (χ3v) is 2.23. The maximum absolute atomic E-state index is 11.0. The minimum absolute atomic E-state index is 0.00750. The number of nitro groups is 1. The van der Waals surface area contributed by atoms with Gasteiger partial charge in [0, 0.05) is 19.2 Å². The van der Waals surface area contributed by atoms with Crippen molar-refractivity contribution in [2.75, 3.05) is 14.2 Å². The van der Waals surface area contributed by atoms with Crippen LogP contribution < -0.4 is 0 Å². The molecule has 1 rings (SSSR count). The maximum Gasteiger partial charge on any atom is 0.280 e. The van der Waals surface area contributed by atoms with Crippen LogP contribution >= 0.6 is 11.6 Å². The summed E-state index contributed by atoms with van der Waals surface area (Å²) in [5.41, 5.74) is 0.909. The zero-order valence-corrected chi connectivity index (χ0v) is 9.78. The smallest absolute Gasteiger partial charge is 0.280 e. The van der Waals surface area contributed by atoms with E-state index >= 15 is 0 Å². The standard InChI is InChI=1S/C10H12ClNO4/c1-15-5-7-3-9(11)4-8(6-16-2)10(7)12(13)14/h3-4H,5-6H2,1-2H3. The first kappa shape index (κ1) is 12.9. The van der Waals surface area contributed by atoms with Gasteiger partial charge in [-0.3, -0.25) is 10.1 Å². The summed E-state index contributed by atoms with van der Waals surface area (Å²) in [7, 11) is 2.95. The number of benzene rings is 1. The van der Waals surface area contributed by atoms with Gasteiger partial charge in [0.1, 0.15) is 0 Å². The van der Waals surface area contributed by atoms with Crippen molar-refractivity contribution in [3.8, 4) is 0 Å². The number of hydrogen-bond acceptors (Lipinski definition) is 4. The third kappa shape index (κ3) is 2.91. The van der Waals surface area contributed by atoms with Crippen molar-refractivity contribution in [3.05, 3.63) is 38.4 Å². The van der Waals surface area contributed by atoms with E-state index in [-0.39, 0.29) is 18.9 Å². The highest BCUT2D eigenvalue weighted by Crippen LogP contribution is 2.29. The molecule has 1 aromatic carbocycles. The molecule has 0 unspecified atom stereocenters. The first-order valence-electron chi connectivity index (χ1n) is 4.53. The summed E-state index contributed by atoms with van der Waals surface area (Å²) in [6, 6.07) is 3.06. The van der Waals surface area contributed by atoms with Gasteiger partial charge in [0.2, 0.25) is 0 Å². The molecule has 0 spiro atoms. The summed E-state index contributed by atoms with van der Waals surface area (Å²) in [6.45, 7) is 0.293. The normalized spacial score (nSPS) is 10.4. The van der Waals surface area contributed by atoms with Crippen molar-refractivity contribution in [3.63, 3.8) is 0 Å². The summed E-state index contributed by atoms with van der Waals surface area (Å²) >= 11 is 5.86. The molecule has 0 heterocycles. The van der Waals surface area contributed by atoms with Gasteiger partial charge in [-0.15, -0.1) is 0 Å². The Labute approximate surface area is 98.1 Å². The number of ether oxygens (including phenoxy) is 2. The molecule has 0 aliphatic rings. The van der Waals surface area contributed by atoms with Crippen molar-refractivity contribution in [1.82, 2.24) is 0 Å². The van der Waals surface area contributed by atoms with Crippen molar-refractivity contribution < 1.29 is 14.4 Å². The molecule has 0 fully saturated rings. The van der Waals surface area contributed by atoms with Gasteiger partial charge in [0.05, 0.1) is 29.3 Å². The van der Waals surface area contributed by atoms with Crippen LogP contribution in [0, 0.1) is 10.1 Å². The summed E-state index contributed by atoms with van der Waals surface area (Å²) in [5.74, 6) is 0. The molecule has 6 heteroatoms. The third-order valence-electron chi connectivity index (χ3n) is 2.01. The zero-order chi connectivity index (χ0) is 12.1. The van der Waals surface area contributed by atoms with Gasteiger partial charge in [0.25, 0.3) is 5.69 Å². The van der Waals surface area contributed by atoms with Crippen molar-refractivity contribution in [1.29, 1.82) is 0 Å². The first-order chi connectivity index (χ1) is 7.60. The van der Waals surface area contributed by atoms with Crippen LogP contribution in [0.4, 0.5) is 5.69 Å². The van der Waals surface area contributed by atoms with E-state index < -0.39 is 4.92 Å². The van der Waals surface area contributed by atoms with Crippen molar-refractivity contribution >= 4 is 17.3 Å². The molecule has 0 saturated heterocycles. The van der Waals surface area contributed by atoms with Gasteiger partial charge in [-0.25, -0.2) is 0 Å². The molecular formula is C10H12ClNO4. The zero-order valence-electron chi connectivity index (χ0n) is 9.03. The molecule has 0 saturated carbocycles. The van der Waals surface area contributed by atoms with E-state index in [9.17, 15) is 10.1 Å². The van der Waals surface area contributed by atoms with E-state index in [0.717, 1.165) is 0 Å². The van der Waals surface area contributed by atoms with Gasteiger partial charge in [-0.1, -0.05) is 11.6 Å². The van der Waals surface area contributed by atoms with Crippen LogP contribution in [0.1, 0.15) is 11.1 Å². The fourth-order valence-corrected chi connectivity index (χ4v) is 1.75. The van der Waals surface area contributed by atoms with Gasteiger partial charge in [-0.2, -0.15) is 0 Å². The Morgan fingerprint density at radius 2 is 1.69 bits per heavy atom. The molecule has 0 aliphatic carbocycles. The lowest BCUT2D eigenvalue weighted by Crippen LogP contribution is -2.02. The molecule has 0 radical (unpaired) electrons. The fraction of sp³-hybridized carbons (Fsp3) is 0.400. The number of nitrogens with zero attached hydrogens (tertiary/aromatic N) is 1. The quantitative estimate of drug-likeness (QED) is 0.591. The lowest BCUT2D eigenvalue weighted by molar-refractivity contribution is -0.387. The second-order valence-corrected chi connectivity index (χ2v) is 3.63. The number of rotatable bonds is 5. The highest BCUT2D eigenvalue weighted by atomic mass is 35.5. The van der Waals surface area contributed by atoms with Crippen LogP contribution in [0.5, 0.6) is 0 Å². The van der Waals surface area contributed by atoms with Crippen LogP contribution in [0.15, 0.2) is 12.1 Å². The average Bonchev–Trinajstić information content (AvgIpc) is 2.17. The first-order valence-corrected chi connectivity index (χ1v) is 4.91. The molecule has 1 aromatic rings. The Hall–Kier alpha value is -1.17. The van der Waals surface area contributed by atoms with Gasteiger partial charge in [0.15, 0.2) is 0 Å². The minimum Gasteiger partial charge on any atom is -0.380 e. The second-order valence-electron chi connectivity index (χ2n) is 3.20. The van der Waals surface area contributed by atoms with Crippen LogP contribution in [0.3, 0.4) is 0 Å². The number of hydrogen-bond donors (Lipinski definition) is 0. The van der Waals surface area contributed by atoms with Gasteiger partial charge in [-0.05, 0) is 12.1 Å². The highest BCUT2D eigenvalue weighted by Gasteiger charge is 2.20. The Kier molecular flexibility index (Phi) is 4.67. The summed E-state index contributed by atoms with van der Waals surface area (Å²) in [4.78, 5) is 10.5. The molecule has 5 nitrogen and oxygen atoms in total. The number of nitro benzene ring substituents is 1. The van der Waals surface area contributed by atoms with Crippen molar-refractivity contribution in [2.24, 2.45) is 0 Å². The molecule has 16 heavy (non-hydrogen) atoms. The summed E-state index contributed by atoms with van der Waals surface area (Å²) in [6.07, 6.45) is 0. The topological polar surface area (TPSA) is 61.6 Å². The molecule has 0 aromatic heterocycles.